The Balaban J connectivity index is 1.89. The van der Waals surface area contributed by atoms with Crippen molar-refractivity contribution in [2.24, 2.45) is 0 Å². The van der Waals surface area contributed by atoms with E-state index in [1.165, 1.54) is 0 Å². The first-order valence-corrected chi connectivity index (χ1v) is 9.58. The predicted molar refractivity (Wildman–Crippen MR) is 92.8 cm³/mol. The van der Waals surface area contributed by atoms with E-state index in [9.17, 15) is 13.2 Å². The van der Waals surface area contributed by atoms with Crippen molar-refractivity contribution in [3.8, 4) is 0 Å². The van der Waals surface area contributed by atoms with Gasteiger partial charge in [-0.25, -0.2) is 8.42 Å². The van der Waals surface area contributed by atoms with Crippen LogP contribution in [0, 0.1) is 0 Å². The number of amides is 1. The third-order valence-corrected chi connectivity index (χ3v) is 6.38. The lowest BCUT2D eigenvalue weighted by atomic mass is 10.0. The van der Waals surface area contributed by atoms with Gasteiger partial charge in [-0.2, -0.15) is 0 Å². The van der Waals surface area contributed by atoms with Crippen molar-refractivity contribution in [1.29, 1.82) is 0 Å². The molecule has 0 spiro atoms. The number of carbonyl (C=O) groups is 1. The standard InChI is InChI=1S/C17H22N2O3S/c1-11(2)16-14-10-12(8-9-15(14)18-17(16)20)19-23(21,22)13-6-4-3-5-7-13/h8-10,13,19H,3-7H2,1-2H3,(H,18,20). The molecule has 1 aliphatic carbocycles. The number of fused-ring (bicyclic) bond motifs is 1. The lowest BCUT2D eigenvalue weighted by Gasteiger charge is -2.22. The van der Waals surface area contributed by atoms with Crippen LogP contribution in [0.25, 0.3) is 5.57 Å². The van der Waals surface area contributed by atoms with Gasteiger partial charge in [0.05, 0.1) is 5.25 Å². The van der Waals surface area contributed by atoms with Crippen LogP contribution >= 0.6 is 0 Å². The summed E-state index contributed by atoms with van der Waals surface area (Å²) in [6.45, 7) is 3.76. The normalized spacial score (nSPS) is 18.5. The molecular weight excluding hydrogens is 312 g/mol. The SMILES string of the molecule is CC(C)=C1C(=O)Nc2ccc(NS(=O)(=O)C3CCCCC3)cc21. The number of nitrogens with one attached hydrogen (secondary N) is 2. The Kier molecular flexibility index (Phi) is 4.19. The Morgan fingerprint density at radius 2 is 1.87 bits per heavy atom. The van der Waals surface area contributed by atoms with E-state index in [-0.39, 0.29) is 11.2 Å². The summed E-state index contributed by atoms with van der Waals surface area (Å²) in [5, 5.41) is 2.50. The first kappa shape index (κ1) is 16.1. The lowest BCUT2D eigenvalue weighted by molar-refractivity contribution is -0.110. The maximum absolute atomic E-state index is 12.5. The molecule has 0 aromatic heterocycles. The van der Waals surface area contributed by atoms with Gasteiger partial charge >= 0.3 is 0 Å². The molecule has 1 saturated carbocycles. The summed E-state index contributed by atoms with van der Waals surface area (Å²) in [6.07, 6.45) is 4.49. The molecule has 0 atom stereocenters. The molecule has 1 amide bonds. The van der Waals surface area contributed by atoms with Crippen LogP contribution in [0.5, 0.6) is 0 Å². The van der Waals surface area contributed by atoms with Crippen LogP contribution < -0.4 is 10.0 Å². The third kappa shape index (κ3) is 3.13. The molecule has 1 aliphatic heterocycles. The van der Waals surface area contributed by atoms with Gasteiger partial charge in [-0.15, -0.1) is 0 Å². The zero-order valence-corrected chi connectivity index (χ0v) is 14.3. The fraction of sp³-hybridized carbons (Fsp3) is 0.471. The number of carbonyl (C=O) groups excluding carboxylic acids is 1. The zero-order chi connectivity index (χ0) is 16.6. The number of rotatable bonds is 3. The first-order chi connectivity index (χ1) is 10.9. The van der Waals surface area contributed by atoms with E-state index in [4.69, 9.17) is 0 Å². The Morgan fingerprint density at radius 3 is 2.52 bits per heavy atom. The van der Waals surface area contributed by atoms with Gasteiger partial charge in [0, 0.05) is 22.5 Å². The topological polar surface area (TPSA) is 75.3 Å². The molecule has 1 heterocycles. The fourth-order valence-electron chi connectivity index (χ4n) is 3.35. The number of allylic oxidation sites excluding steroid dienone is 1. The number of sulfonamides is 1. The lowest BCUT2D eigenvalue weighted by Crippen LogP contribution is -2.29. The molecule has 1 aromatic rings. The maximum Gasteiger partial charge on any atom is 0.256 e. The number of hydrogen-bond donors (Lipinski definition) is 2. The summed E-state index contributed by atoms with van der Waals surface area (Å²) in [5.74, 6) is -0.132. The van der Waals surface area contributed by atoms with Crippen molar-refractivity contribution in [1.82, 2.24) is 0 Å². The summed E-state index contributed by atoms with van der Waals surface area (Å²) in [7, 11) is -3.38. The number of hydrogen-bond acceptors (Lipinski definition) is 3. The molecule has 0 unspecified atom stereocenters. The molecule has 2 aliphatic rings. The molecule has 5 nitrogen and oxygen atoms in total. The van der Waals surface area contributed by atoms with Gasteiger partial charge < -0.3 is 5.32 Å². The van der Waals surface area contributed by atoms with Gasteiger partial charge in [0.1, 0.15) is 0 Å². The monoisotopic (exact) mass is 334 g/mol. The average Bonchev–Trinajstić information content (AvgIpc) is 2.83. The smallest absolute Gasteiger partial charge is 0.256 e. The highest BCUT2D eigenvalue weighted by atomic mass is 32.2. The van der Waals surface area contributed by atoms with Crippen molar-refractivity contribution in [2.75, 3.05) is 10.0 Å². The Hall–Kier alpha value is -1.82. The molecule has 1 fully saturated rings. The molecular formula is C17H22N2O3S. The Labute approximate surface area is 137 Å². The quantitative estimate of drug-likeness (QED) is 0.831. The van der Waals surface area contributed by atoms with Crippen LogP contribution in [-0.4, -0.2) is 19.6 Å². The van der Waals surface area contributed by atoms with Crippen LogP contribution in [0.2, 0.25) is 0 Å². The molecule has 1 aromatic carbocycles. The molecule has 23 heavy (non-hydrogen) atoms. The van der Waals surface area contributed by atoms with Crippen LogP contribution in [0.3, 0.4) is 0 Å². The van der Waals surface area contributed by atoms with Crippen LogP contribution in [0.1, 0.15) is 51.5 Å². The van der Waals surface area contributed by atoms with E-state index in [0.29, 0.717) is 11.3 Å². The van der Waals surface area contributed by atoms with Gasteiger partial charge in [-0.3, -0.25) is 9.52 Å². The van der Waals surface area contributed by atoms with E-state index in [0.717, 1.165) is 48.9 Å². The number of anilines is 2. The van der Waals surface area contributed by atoms with Crippen LogP contribution in [0.4, 0.5) is 11.4 Å². The van der Waals surface area contributed by atoms with Crippen molar-refractivity contribution in [2.45, 2.75) is 51.2 Å². The Bertz CT molecular complexity index is 771. The highest BCUT2D eigenvalue weighted by molar-refractivity contribution is 7.93. The molecule has 6 heteroatoms. The van der Waals surface area contributed by atoms with Gasteiger partial charge in [0.2, 0.25) is 10.0 Å². The molecule has 0 radical (unpaired) electrons. The number of benzene rings is 1. The van der Waals surface area contributed by atoms with E-state index in [2.05, 4.69) is 10.0 Å². The van der Waals surface area contributed by atoms with Crippen molar-refractivity contribution < 1.29 is 13.2 Å². The maximum atomic E-state index is 12.5. The average molecular weight is 334 g/mol. The summed E-state index contributed by atoms with van der Waals surface area (Å²) in [4.78, 5) is 12.0. The zero-order valence-electron chi connectivity index (χ0n) is 13.5. The van der Waals surface area contributed by atoms with Gasteiger partial charge in [0.25, 0.3) is 5.91 Å². The molecule has 0 bridgehead atoms. The van der Waals surface area contributed by atoms with E-state index >= 15 is 0 Å². The van der Waals surface area contributed by atoms with Crippen molar-refractivity contribution >= 4 is 32.9 Å². The van der Waals surface area contributed by atoms with Crippen molar-refractivity contribution in [3.05, 3.63) is 29.3 Å². The Morgan fingerprint density at radius 1 is 1.17 bits per heavy atom. The second-order valence-corrected chi connectivity index (χ2v) is 8.46. The van der Waals surface area contributed by atoms with Crippen molar-refractivity contribution in [3.63, 3.8) is 0 Å². The fourth-order valence-corrected chi connectivity index (χ4v) is 4.93. The minimum atomic E-state index is -3.38. The summed E-state index contributed by atoms with van der Waals surface area (Å²) >= 11 is 0. The molecule has 2 N–H and O–H groups in total. The van der Waals surface area contributed by atoms with Gasteiger partial charge in [0.15, 0.2) is 0 Å². The first-order valence-electron chi connectivity index (χ1n) is 8.03. The highest BCUT2D eigenvalue weighted by Gasteiger charge is 2.29. The highest BCUT2D eigenvalue weighted by Crippen LogP contribution is 2.36. The predicted octanol–water partition coefficient (Wildman–Crippen LogP) is 3.51. The minimum Gasteiger partial charge on any atom is -0.321 e. The van der Waals surface area contributed by atoms with Gasteiger partial charge in [-0.1, -0.05) is 24.8 Å². The molecule has 3 rings (SSSR count). The third-order valence-electron chi connectivity index (χ3n) is 4.52. The van der Waals surface area contributed by atoms with Gasteiger partial charge in [-0.05, 0) is 44.9 Å². The second kappa shape index (κ2) is 6.00. The summed E-state index contributed by atoms with van der Waals surface area (Å²) < 4.78 is 27.8. The van der Waals surface area contributed by atoms with E-state index < -0.39 is 10.0 Å². The second-order valence-electron chi connectivity index (χ2n) is 6.50. The molecule has 0 saturated heterocycles. The largest absolute Gasteiger partial charge is 0.321 e. The summed E-state index contributed by atoms with van der Waals surface area (Å²) in [5.41, 5.74) is 3.54. The van der Waals surface area contributed by atoms with E-state index in [1.807, 2.05) is 13.8 Å². The van der Waals surface area contributed by atoms with Crippen LogP contribution in [-0.2, 0) is 14.8 Å². The molecule has 124 valence electrons. The summed E-state index contributed by atoms with van der Waals surface area (Å²) in [6, 6.07) is 5.20. The minimum absolute atomic E-state index is 0.132. The van der Waals surface area contributed by atoms with Crippen LogP contribution in [0.15, 0.2) is 23.8 Å². The van der Waals surface area contributed by atoms with E-state index in [1.54, 1.807) is 18.2 Å².